The number of aryl methyl sites for hydroxylation is 1. The minimum atomic E-state index is -0.184. The lowest BCUT2D eigenvalue weighted by Gasteiger charge is -2.35. The number of nitrogens with zero attached hydrogens (tertiary/aromatic N) is 6. The molecule has 3 aromatic rings. The van der Waals surface area contributed by atoms with Crippen LogP contribution in [0.4, 0.5) is 5.82 Å². The molecule has 8 nitrogen and oxygen atoms in total. The molecule has 1 aromatic carbocycles. The highest BCUT2D eigenvalue weighted by Crippen LogP contribution is 2.19. The molecule has 1 aliphatic heterocycles. The molecule has 3 heterocycles. The Morgan fingerprint density at radius 3 is 2.50 bits per heavy atom. The van der Waals surface area contributed by atoms with Crippen LogP contribution in [0.5, 0.6) is 0 Å². The van der Waals surface area contributed by atoms with Crippen molar-refractivity contribution in [2.75, 3.05) is 31.1 Å². The van der Waals surface area contributed by atoms with Gasteiger partial charge in [-0.3, -0.25) is 9.59 Å². The van der Waals surface area contributed by atoms with Gasteiger partial charge in [-0.25, -0.2) is 14.6 Å². The number of benzene rings is 1. The minimum absolute atomic E-state index is 0.146. The summed E-state index contributed by atoms with van der Waals surface area (Å²) in [5.74, 6) is 1.40. The van der Waals surface area contributed by atoms with E-state index >= 15 is 0 Å². The van der Waals surface area contributed by atoms with Gasteiger partial charge >= 0.3 is 0 Å². The van der Waals surface area contributed by atoms with Gasteiger partial charge in [-0.15, -0.1) is 0 Å². The van der Waals surface area contributed by atoms with Crippen LogP contribution >= 0.6 is 0 Å². The molecule has 0 saturated carbocycles. The van der Waals surface area contributed by atoms with Crippen LogP contribution in [0.2, 0.25) is 0 Å². The van der Waals surface area contributed by atoms with Crippen molar-refractivity contribution in [3.8, 4) is 11.4 Å². The number of aromatic nitrogens is 4. The first kappa shape index (κ1) is 19.8. The second-order valence-electron chi connectivity index (χ2n) is 7.16. The lowest BCUT2D eigenvalue weighted by molar-refractivity contribution is 0.0737. The Labute approximate surface area is 174 Å². The second kappa shape index (κ2) is 8.86. The molecular weight excluding hydrogens is 380 g/mol. The molecule has 0 bridgehead atoms. The highest BCUT2D eigenvalue weighted by molar-refractivity contribution is 5.92. The summed E-state index contributed by atoms with van der Waals surface area (Å²) in [7, 11) is 0. The number of piperazine rings is 1. The molecule has 1 amide bonds. The summed E-state index contributed by atoms with van der Waals surface area (Å²) in [6.45, 7) is 4.96. The third-order valence-electron chi connectivity index (χ3n) is 5.08. The van der Waals surface area contributed by atoms with E-state index in [2.05, 4.69) is 15.0 Å². The maximum absolute atomic E-state index is 12.9. The molecule has 4 rings (SSSR count). The predicted octanol–water partition coefficient (Wildman–Crippen LogP) is 2.07. The number of carbonyl (C=O) groups excluding carboxylic acids is 1. The first-order valence-corrected chi connectivity index (χ1v) is 10.2. The van der Waals surface area contributed by atoms with Crippen molar-refractivity contribution < 1.29 is 4.79 Å². The van der Waals surface area contributed by atoms with Crippen molar-refractivity contribution in [1.29, 1.82) is 0 Å². The molecule has 0 unspecified atom stereocenters. The topological polar surface area (TPSA) is 84.2 Å². The van der Waals surface area contributed by atoms with E-state index in [0.717, 1.165) is 17.8 Å². The van der Waals surface area contributed by atoms with Crippen molar-refractivity contribution in [1.82, 2.24) is 24.6 Å². The molecule has 0 radical (unpaired) electrons. The molecule has 0 spiro atoms. The van der Waals surface area contributed by atoms with Crippen molar-refractivity contribution in [2.24, 2.45) is 0 Å². The van der Waals surface area contributed by atoms with Gasteiger partial charge in [0.15, 0.2) is 5.82 Å². The molecule has 0 N–H and O–H groups in total. The number of hydrogen-bond donors (Lipinski definition) is 0. The van der Waals surface area contributed by atoms with Crippen molar-refractivity contribution >= 4 is 11.7 Å². The molecule has 30 heavy (non-hydrogen) atoms. The van der Waals surface area contributed by atoms with Crippen molar-refractivity contribution in [2.45, 2.75) is 19.9 Å². The van der Waals surface area contributed by atoms with E-state index in [1.165, 1.54) is 16.8 Å². The summed E-state index contributed by atoms with van der Waals surface area (Å²) in [4.78, 5) is 37.7. The van der Waals surface area contributed by atoms with Gasteiger partial charge in [-0.1, -0.05) is 37.3 Å². The highest BCUT2D eigenvalue weighted by atomic mass is 16.2. The fraction of sp³-hybridized carbons (Fsp3) is 0.318. The Morgan fingerprint density at radius 1 is 1.00 bits per heavy atom. The molecule has 1 aliphatic rings. The molecule has 0 atom stereocenters. The Hall–Kier alpha value is -3.55. The summed E-state index contributed by atoms with van der Waals surface area (Å²) >= 11 is 0. The maximum atomic E-state index is 12.9. The fourth-order valence-electron chi connectivity index (χ4n) is 3.49. The maximum Gasteiger partial charge on any atom is 0.274 e. The monoisotopic (exact) mass is 404 g/mol. The van der Waals surface area contributed by atoms with Gasteiger partial charge in [-0.05, 0) is 18.6 Å². The average molecular weight is 404 g/mol. The second-order valence-corrected chi connectivity index (χ2v) is 7.16. The van der Waals surface area contributed by atoms with Crippen LogP contribution in [0, 0.1) is 0 Å². The van der Waals surface area contributed by atoms with E-state index in [1.54, 1.807) is 11.1 Å². The lowest BCUT2D eigenvalue weighted by Crippen LogP contribution is -2.49. The first-order valence-electron chi connectivity index (χ1n) is 10.2. The summed E-state index contributed by atoms with van der Waals surface area (Å²) < 4.78 is 1.36. The van der Waals surface area contributed by atoms with E-state index in [-0.39, 0.29) is 11.5 Å². The van der Waals surface area contributed by atoms with Crippen molar-refractivity contribution in [3.05, 3.63) is 70.8 Å². The lowest BCUT2D eigenvalue weighted by atomic mass is 10.2. The fourth-order valence-corrected chi connectivity index (χ4v) is 3.49. The van der Waals surface area contributed by atoms with E-state index < -0.39 is 0 Å². The zero-order valence-electron chi connectivity index (χ0n) is 16.9. The number of anilines is 1. The van der Waals surface area contributed by atoms with Gasteiger partial charge in [0.2, 0.25) is 0 Å². The Morgan fingerprint density at radius 2 is 1.77 bits per heavy atom. The van der Waals surface area contributed by atoms with Gasteiger partial charge < -0.3 is 9.80 Å². The summed E-state index contributed by atoms with van der Waals surface area (Å²) in [6, 6.07) is 14.7. The third-order valence-corrected chi connectivity index (χ3v) is 5.08. The number of amides is 1. The molecule has 1 fully saturated rings. The molecule has 8 heteroatoms. The van der Waals surface area contributed by atoms with Gasteiger partial charge in [0.05, 0.1) is 0 Å². The molecule has 2 aromatic heterocycles. The van der Waals surface area contributed by atoms with Gasteiger partial charge in [0.1, 0.15) is 11.5 Å². The van der Waals surface area contributed by atoms with Gasteiger partial charge in [0.25, 0.3) is 11.5 Å². The number of rotatable bonds is 5. The Kier molecular flexibility index (Phi) is 5.83. The molecule has 0 aliphatic carbocycles. The van der Waals surface area contributed by atoms with E-state index in [1.807, 2.05) is 43.3 Å². The standard InChI is InChI=1S/C22H24N6O2/c1-2-12-28-20(29)9-8-18(25-28)22(30)27-15-13-26(14-16-27)19-10-11-23-21(24-19)17-6-4-3-5-7-17/h3-11H,2,12-16H2,1H3. The van der Waals surface area contributed by atoms with Crippen LogP contribution < -0.4 is 10.5 Å². The Balaban J connectivity index is 1.44. The van der Waals surface area contributed by atoms with Gasteiger partial charge in [0, 0.05) is 50.6 Å². The molecule has 1 saturated heterocycles. The normalized spacial score (nSPS) is 14.0. The average Bonchev–Trinajstić information content (AvgIpc) is 2.81. The minimum Gasteiger partial charge on any atom is -0.353 e. The summed E-state index contributed by atoms with van der Waals surface area (Å²) in [5, 5.41) is 4.24. The van der Waals surface area contributed by atoms with Crippen LogP contribution in [0.3, 0.4) is 0 Å². The summed E-state index contributed by atoms with van der Waals surface area (Å²) in [6.07, 6.45) is 2.55. The van der Waals surface area contributed by atoms with Crippen LogP contribution in [0.15, 0.2) is 59.5 Å². The van der Waals surface area contributed by atoms with Crippen LogP contribution in [0.25, 0.3) is 11.4 Å². The number of carbonyl (C=O) groups is 1. The van der Waals surface area contributed by atoms with Crippen molar-refractivity contribution in [3.63, 3.8) is 0 Å². The van der Waals surface area contributed by atoms with Crippen LogP contribution in [-0.4, -0.2) is 56.7 Å². The van der Waals surface area contributed by atoms with E-state index in [9.17, 15) is 9.59 Å². The quantitative estimate of drug-likeness (QED) is 0.647. The first-order chi connectivity index (χ1) is 14.7. The predicted molar refractivity (Wildman–Crippen MR) is 114 cm³/mol. The zero-order chi connectivity index (χ0) is 20.9. The van der Waals surface area contributed by atoms with E-state index in [4.69, 9.17) is 4.98 Å². The SMILES string of the molecule is CCCn1nc(C(=O)N2CCN(c3ccnc(-c4ccccc4)n3)CC2)ccc1=O. The molecule has 154 valence electrons. The number of hydrogen-bond acceptors (Lipinski definition) is 6. The Bertz CT molecular complexity index is 1070. The van der Waals surface area contributed by atoms with E-state index in [0.29, 0.717) is 44.2 Å². The molecular formula is C22H24N6O2. The third kappa shape index (κ3) is 4.22. The summed E-state index contributed by atoms with van der Waals surface area (Å²) in [5.41, 5.74) is 1.10. The smallest absolute Gasteiger partial charge is 0.274 e. The largest absolute Gasteiger partial charge is 0.353 e. The van der Waals surface area contributed by atoms with Crippen LogP contribution in [0.1, 0.15) is 23.8 Å². The highest BCUT2D eigenvalue weighted by Gasteiger charge is 2.24. The zero-order valence-corrected chi connectivity index (χ0v) is 16.9. The van der Waals surface area contributed by atoms with Gasteiger partial charge in [-0.2, -0.15) is 5.10 Å². The van der Waals surface area contributed by atoms with Crippen LogP contribution in [-0.2, 0) is 6.54 Å².